The Morgan fingerprint density at radius 3 is 2.62 bits per heavy atom. The summed E-state index contributed by atoms with van der Waals surface area (Å²) in [7, 11) is 0. The molecule has 2 aliphatic rings. The quantitative estimate of drug-likeness (QED) is 0.871. The molecule has 26 heavy (non-hydrogen) atoms. The van der Waals surface area contributed by atoms with Gasteiger partial charge in [0.2, 0.25) is 5.88 Å². The first kappa shape index (κ1) is 20.4. The lowest BCUT2D eigenvalue weighted by molar-refractivity contribution is -0.192. The Morgan fingerprint density at radius 2 is 2.12 bits per heavy atom. The number of halogens is 3. The highest BCUT2D eigenvalue weighted by Gasteiger charge is 2.53. The number of likely N-dealkylation sites (tertiary alicyclic amines) is 1. The predicted molar refractivity (Wildman–Crippen MR) is 86.9 cm³/mol. The Morgan fingerprint density at radius 1 is 1.46 bits per heavy atom. The van der Waals surface area contributed by atoms with Gasteiger partial charge in [0.25, 0.3) is 0 Å². The van der Waals surface area contributed by atoms with E-state index in [1.807, 2.05) is 18.2 Å². The van der Waals surface area contributed by atoms with Gasteiger partial charge in [-0.2, -0.15) is 13.2 Å². The molecule has 1 spiro atoms. The van der Waals surface area contributed by atoms with E-state index in [1.165, 1.54) is 0 Å². The average molecular weight is 376 g/mol. The van der Waals surface area contributed by atoms with Crippen molar-refractivity contribution in [2.24, 2.45) is 5.92 Å². The Labute approximate surface area is 149 Å². The predicted octanol–water partition coefficient (Wildman–Crippen LogP) is 2.59. The summed E-state index contributed by atoms with van der Waals surface area (Å²) in [5, 5.41) is 7.12. The molecule has 3 rings (SSSR count). The van der Waals surface area contributed by atoms with Crippen LogP contribution >= 0.6 is 0 Å². The van der Waals surface area contributed by atoms with Crippen molar-refractivity contribution in [1.82, 2.24) is 9.88 Å². The summed E-state index contributed by atoms with van der Waals surface area (Å²) in [6.07, 6.45) is -2.22. The number of carboxylic acid groups (broad SMARTS) is 1. The first-order chi connectivity index (χ1) is 12.1. The largest absolute Gasteiger partial charge is 0.490 e. The van der Waals surface area contributed by atoms with Gasteiger partial charge in [0.1, 0.15) is 0 Å². The van der Waals surface area contributed by atoms with Crippen molar-refractivity contribution < 1.29 is 32.5 Å². The van der Waals surface area contributed by atoms with E-state index in [1.54, 1.807) is 6.20 Å². The average Bonchev–Trinajstić information content (AvgIpc) is 2.96. The van der Waals surface area contributed by atoms with Crippen LogP contribution in [0.3, 0.4) is 0 Å². The molecule has 0 radical (unpaired) electrons. The molecule has 1 N–H and O–H groups in total. The van der Waals surface area contributed by atoms with Crippen molar-refractivity contribution in [3.8, 4) is 5.88 Å². The smallest absolute Gasteiger partial charge is 0.477 e. The van der Waals surface area contributed by atoms with Gasteiger partial charge < -0.3 is 14.6 Å². The molecule has 1 atom stereocenters. The summed E-state index contributed by atoms with van der Waals surface area (Å²) >= 11 is 0. The van der Waals surface area contributed by atoms with Crippen LogP contribution in [-0.2, 0) is 9.53 Å². The molecule has 1 aromatic heterocycles. The zero-order valence-electron chi connectivity index (χ0n) is 14.7. The minimum atomic E-state index is -5.08. The summed E-state index contributed by atoms with van der Waals surface area (Å²) in [5.74, 6) is -1.55. The molecule has 1 aromatic rings. The number of alkyl halides is 3. The number of hydrogen-bond acceptors (Lipinski definition) is 5. The number of aliphatic carboxylic acids is 1. The maximum Gasteiger partial charge on any atom is 0.490 e. The molecular weight excluding hydrogens is 353 g/mol. The summed E-state index contributed by atoms with van der Waals surface area (Å²) in [6.45, 7) is 8.13. The molecule has 0 amide bonds. The fraction of sp³-hybridized carbons (Fsp3) is 0.647. The molecule has 2 fully saturated rings. The van der Waals surface area contributed by atoms with Crippen LogP contribution in [0.4, 0.5) is 13.2 Å². The van der Waals surface area contributed by atoms with Gasteiger partial charge >= 0.3 is 12.1 Å². The monoisotopic (exact) mass is 376 g/mol. The van der Waals surface area contributed by atoms with Gasteiger partial charge in [-0.15, -0.1) is 0 Å². The fourth-order valence-corrected chi connectivity index (χ4v) is 2.99. The molecule has 6 nitrogen and oxygen atoms in total. The Bertz CT molecular complexity index is 589. The van der Waals surface area contributed by atoms with Crippen molar-refractivity contribution in [1.29, 1.82) is 0 Å². The van der Waals surface area contributed by atoms with Gasteiger partial charge in [0.15, 0.2) is 0 Å². The van der Waals surface area contributed by atoms with Gasteiger partial charge in [0.05, 0.1) is 12.2 Å². The van der Waals surface area contributed by atoms with Crippen LogP contribution in [0.1, 0.15) is 20.3 Å². The third kappa shape index (κ3) is 5.07. The van der Waals surface area contributed by atoms with E-state index in [-0.39, 0.29) is 5.60 Å². The van der Waals surface area contributed by atoms with Crippen molar-refractivity contribution in [2.75, 3.05) is 26.3 Å². The zero-order chi connectivity index (χ0) is 19.4. The first-order valence-corrected chi connectivity index (χ1v) is 8.36. The van der Waals surface area contributed by atoms with Crippen LogP contribution in [0.25, 0.3) is 0 Å². The van der Waals surface area contributed by atoms with Crippen LogP contribution in [0.2, 0.25) is 0 Å². The number of rotatable bonds is 4. The normalized spacial score (nSPS) is 21.8. The van der Waals surface area contributed by atoms with E-state index in [4.69, 9.17) is 19.4 Å². The Kier molecular flexibility index (Phi) is 6.46. The van der Waals surface area contributed by atoms with Crippen molar-refractivity contribution in [3.05, 3.63) is 24.4 Å². The van der Waals surface area contributed by atoms with Gasteiger partial charge in [-0.05, 0) is 26.3 Å². The van der Waals surface area contributed by atoms with Gasteiger partial charge in [-0.25, -0.2) is 9.78 Å². The number of aromatic nitrogens is 1. The molecule has 0 saturated carbocycles. The molecule has 146 valence electrons. The number of carboxylic acids is 1. The third-order valence-corrected chi connectivity index (χ3v) is 4.58. The van der Waals surface area contributed by atoms with E-state index in [0.717, 1.165) is 26.1 Å². The van der Waals surface area contributed by atoms with Crippen LogP contribution in [0.15, 0.2) is 24.4 Å². The van der Waals surface area contributed by atoms with E-state index >= 15 is 0 Å². The van der Waals surface area contributed by atoms with Crippen LogP contribution in [-0.4, -0.2) is 65.1 Å². The molecule has 0 bridgehead atoms. The maximum atomic E-state index is 10.6. The van der Waals surface area contributed by atoms with E-state index in [9.17, 15) is 13.2 Å². The molecule has 2 saturated heterocycles. The Hall–Kier alpha value is -1.87. The van der Waals surface area contributed by atoms with Gasteiger partial charge in [0, 0.05) is 43.9 Å². The van der Waals surface area contributed by atoms with E-state index < -0.39 is 12.1 Å². The summed E-state index contributed by atoms with van der Waals surface area (Å²) < 4.78 is 43.6. The van der Waals surface area contributed by atoms with Crippen molar-refractivity contribution in [2.45, 2.75) is 38.1 Å². The minimum Gasteiger partial charge on any atom is -0.477 e. The summed E-state index contributed by atoms with van der Waals surface area (Å²) in [4.78, 5) is 15.6. The number of hydrogen-bond donors (Lipinski definition) is 1. The topological polar surface area (TPSA) is 71.9 Å². The lowest BCUT2D eigenvalue weighted by Gasteiger charge is -2.52. The molecule has 0 aliphatic carbocycles. The second-order valence-electron chi connectivity index (χ2n) is 6.68. The standard InChI is InChI=1S/C15H22N2O2.C2HF3O2/c1-12(2)17-10-15(11-17)13(6-8-19-15)9-18-14-5-3-4-7-16-14;3-2(4,5)1(6)7/h3-5,7,12-13H,6,8-11H2,1-2H3;(H,6,7). The molecular formula is C17H23F3N2O4. The number of carbonyl (C=O) groups is 1. The number of nitrogens with zero attached hydrogens (tertiary/aromatic N) is 2. The number of pyridine rings is 1. The minimum absolute atomic E-state index is 0.0407. The van der Waals surface area contributed by atoms with Gasteiger partial charge in [-0.1, -0.05) is 6.07 Å². The lowest BCUT2D eigenvalue weighted by Crippen LogP contribution is -2.66. The molecule has 9 heteroatoms. The molecule has 1 unspecified atom stereocenters. The Balaban J connectivity index is 0.000000298. The van der Waals surface area contributed by atoms with E-state index in [2.05, 4.69) is 23.7 Å². The van der Waals surface area contributed by atoms with E-state index in [0.29, 0.717) is 24.4 Å². The second-order valence-corrected chi connectivity index (χ2v) is 6.68. The van der Waals surface area contributed by atoms with Crippen LogP contribution in [0, 0.1) is 5.92 Å². The fourth-order valence-electron chi connectivity index (χ4n) is 2.99. The lowest BCUT2D eigenvalue weighted by atomic mass is 9.80. The first-order valence-electron chi connectivity index (χ1n) is 8.36. The maximum absolute atomic E-state index is 10.6. The summed E-state index contributed by atoms with van der Waals surface area (Å²) in [6, 6.07) is 6.36. The SMILES string of the molecule is CC(C)N1CC2(C1)OCCC2COc1ccccn1.O=C(O)C(F)(F)F. The molecule has 3 heterocycles. The molecule has 2 aliphatic heterocycles. The zero-order valence-corrected chi connectivity index (χ0v) is 14.7. The van der Waals surface area contributed by atoms with Crippen molar-refractivity contribution >= 4 is 5.97 Å². The number of ether oxygens (including phenoxy) is 2. The third-order valence-electron chi connectivity index (χ3n) is 4.58. The van der Waals surface area contributed by atoms with Crippen LogP contribution in [0.5, 0.6) is 5.88 Å². The molecule has 0 aromatic carbocycles. The second kappa shape index (κ2) is 8.22. The highest BCUT2D eigenvalue weighted by atomic mass is 19.4. The van der Waals surface area contributed by atoms with Gasteiger partial charge in [-0.3, -0.25) is 4.90 Å². The highest BCUT2D eigenvalue weighted by molar-refractivity contribution is 5.73. The van der Waals surface area contributed by atoms with Crippen molar-refractivity contribution in [3.63, 3.8) is 0 Å². The highest BCUT2D eigenvalue weighted by Crippen LogP contribution is 2.40. The summed E-state index contributed by atoms with van der Waals surface area (Å²) in [5.41, 5.74) is 0.0407. The van der Waals surface area contributed by atoms with Crippen LogP contribution < -0.4 is 4.74 Å².